The molecule has 22 heavy (non-hydrogen) atoms. The first kappa shape index (κ1) is 14.3. The smallest absolute Gasteiger partial charge is 0.251 e. The highest BCUT2D eigenvalue weighted by Crippen LogP contribution is 2.34. The number of fused-ring (bicyclic) bond motifs is 1. The Balaban J connectivity index is 1.98. The minimum absolute atomic E-state index is 0.0797. The third-order valence-corrected chi connectivity index (χ3v) is 3.70. The van der Waals surface area contributed by atoms with Gasteiger partial charge in [0.25, 0.3) is 5.91 Å². The molecule has 2 aromatic carbocycles. The summed E-state index contributed by atoms with van der Waals surface area (Å²) in [6.07, 6.45) is 0. The number of benzene rings is 2. The van der Waals surface area contributed by atoms with E-state index in [-0.39, 0.29) is 11.7 Å². The molecule has 0 aromatic heterocycles. The Morgan fingerprint density at radius 3 is 2.73 bits per heavy atom. The van der Waals surface area contributed by atoms with E-state index in [1.807, 2.05) is 13.0 Å². The molecular formula is C17H15FN2O2. The van der Waals surface area contributed by atoms with Crippen molar-refractivity contribution in [3.63, 3.8) is 0 Å². The number of carbonyl (C=O) groups is 2. The molecule has 0 radical (unpaired) electrons. The number of ketones is 1. The van der Waals surface area contributed by atoms with Crippen LogP contribution in [0.15, 0.2) is 36.4 Å². The quantitative estimate of drug-likeness (QED) is 0.853. The van der Waals surface area contributed by atoms with Crippen LogP contribution in [0.3, 0.4) is 0 Å². The Morgan fingerprint density at radius 1 is 1.23 bits per heavy atom. The SMILES string of the molecule is CC(=O)c1cc(C)ccc1NC1C(=O)Nc2cc(F)ccc21. The van der Waals surface area contributed by atoms with Gasteiger partial charge in [0, 0.05) is 22.5 Å². The molecule has 1 heterocycles. The molecule has 0 spiro atoms. The highest BCUT2D eigenvalue weighted by atomic mass is 19.1. The molecule has 5 heteroatoms. The highest BCUT2D eigenvalue weighted by molar-refractivity contribution is 6.05. The van der Waals surface area contributed by atoms with Gasteiger partial charge in [0.2, 0.25) is 0 Å². The fourth-order valence-electron chi connectivity index (χ4n) is 2.61. The lowest BCUT2D eigenvalue weighted by Gasteiger charge is -2.16. The minimum atomic E-state index is -0.642. The number of hydrogen-bond donors (Lipinski definition) is 2. The molecule has 0 bridgehead atoms. The van der Waals surface area contributed by atoms with Crippen LogP contribution in [0.4, 0.5) is 15.8 Å². The summed E-state index contributed by atoms with van der Waals surface area (Å²) in [6.45, 7) is 3.38. The molecule has 1 unspecified atom stereocenters. The molecule has 0 saturated carbocycles. The number of Topliss-reactive ketones (excluding diaryl/α,β-unsaturated/α-hetero) is 1. The van der Waals surface area contributed by atoms with Gasteiger partial charge in [0.05, 0.1) is 0 Å². The second kappa shape index (κ2) is 5.26. The Kier molecular flexibility index (Phi) is 3.41. The molecular weight excluding hydrogens is 283 g/mol. The zero-order valence-corrected chi connectivity index (χ0v) is 12.2. The third kappa shape index (κ3) is 2.45. The predicted molar refractivity (Wildman–Crippen MR) is 82.6 cm³/mol. The summed E-state index contributed by atoms with van der Waals surface area (Å²) in [5.41, 5.74) is 3.22. The standard InChI is InChI=1S/C17H15FN2O2/c1-9-3-6-14(13(7-9)10(2)21)19-16-12-5-4-11(18)8-15(12)20-17(16)22/h3-8,16,19H,1-2H3,(H,20,22). The van der Waals surface area contributed by atoms with Crippen molar-refractivity contribution in [1.29, 1.82) is 0 Å². The van der Waals surface area contributed by atoms with Gasteiger partial charge in [-0.25, -0.2) is 4.39 Å². The second-order valence-corrected chi connectivity index (χ2v) is 5.40. The second-order valence-electron chi connectivity index (χ2n) is 5.40. The van der Waals surface area contributed by atoms with E-state index >= 15 is 0 Å². The maximum atomic E-state index is 13.2. The predicted octanol–water partition coefficient (Wildman–Crippen LogP) is 3.44. The molecule has 1 amide bonds. The van der Waals surface area contributed by atoms with E-state index in [2.05, 4.69) is 10.6 Å². The van der Waals surface area contributed by atoms with Crippen LogP contribution in [0.1, 0.15) is 34.5 Å². The van der Waals surface area contributed by atoms with E-state index in [4.69, 9.17) is 0 Å². The first-order chi connectivity index (χ1) is 10.5. The molecule has 1 aliphatic heterocycles. The molecule has 0 saturated heterocycles. The minimum Gasteiger partial charge on any atom is -0.369 e. The number of hydrogen-bond acceptors (Lipinski definition) is 3. The van der Waals surface area contributed by atoms with E-state index in [1.165, 1.54) is 19.1 Å². The summed E-state index contributed by atoms with van der Waals surface area (Å²) in [5, 5.41) is 5.73. The normalized spacial score (nSPS) is 16.1. The van der Waals surface area contributed by atoms with Gasteiger partial charge in [0.15, 0.2) is 5.78 Å². The van der Waals surface area contributed by atoms with E-state index in [0.717, 1.165) is 5.56 Å². The van der Waals surface area contributed by atoms with Gasteiger partial charge >= 0.3 is 0 Å². The monoisotopic (exact) mass is 298 g/mol. The molecule has 1 atom stereocenters. The van der Waals surface area contributed by atoms with Crippen LogP contribution in [0.5, 0.6) is 0 Å². The summed E-state index contributed by atoms with van der Waals surface area (Å²) >= 11 is 0. The fourth-order valence-corrected chi connectivity index (χ4v) is 2.61. The highest BCUT2D eigenvalue weighted by Gasteiger charge is 2.31. The zero-order valence-electron chi connectivity index (χ0n) is 12.2. The Bertz CT molecular complexity index is 786. The van der Waals surface area contributed by atoms with Gasteiger partial charge in [-0.05, 0) is 38.1 Å². The first-order valence-electron chi connectivity index (χ1n) is 6.94. The van der Waals surface area contributed by atoms with E-state index < -0.39 is 11.9 Å². The molecule has 0 aliphatic carbocycles. The van der Waals surface area contributed by atoms with Crippen molar-refractivity contribution in [2.45, 2.75) is 19.9 Å². The first-order valence-corrected chi connectivity index (χ1v) is 6.94. The molecule has 2 N–H and O–H groups in total. The van der Waals surface area contributed by atoms with Crippen LogP contribution >= 0.6 is 0 Å². The van der Waals surface area contributed by atoms with Crippen molar-refractivity contribution in [2.24, 2.45) is 0 Å². The van der Waals surface area contributed by atoms with Gasteiger partial charge in [-0.3, -0.25) is 9.59 Å². The zero-order chi connectivity index (χ0) is 15.9. The van der Waals surface area contributed by atoms with Crippen LogP contribution < -0.4 is 10.6 Å². The lowest BCUT2D eigenvalue weighted by Crippen LogP contribution is -2.20. The Labute approximate surface area is 127 Å². The lowest BCUT2D eigenvalue weighted by atomic mass is 10.0. The number of carbonyl (C=O) groups excluding carboxylic acids is 2. The van der Waals surface area contributed by atoms with Crippen molar-refractivity contribution in [3.05, 3.63) is 58.9 Å². The summed E-state index contributed by atoms with van der Waals surface area (Å²) in [7, 11) is 0. The largest absolute Gasteiger partial charge is 0.369 e. The van der Waals surface area contributed by atoms with Crippen molar-refractivity contribution >= 4 is 23.1 Å². The summed E-state index contributed by atoms with van der Waals surface area (Å²) in [6, 6.07) is 8.96. The van der Waals surface area contributed by atoms with Gasteiger partial charge in [-0.2, -0.15) is 0 Å². The Morgan fingerprint density at radius 2 is 2.00 bits per heavy atom. The van der Waals surface area contributed by atoms with Crippen LogP contribution in [0, 0.1) is 12.7 Å². The van der Waals surface area contributed by atoms with Crippen LogP contribution in [0.25, 0.3) is 0 Å². The van der Waals surface area contributed by atoms with Crippen LogP contribution in [-0.2, 0) is 4.79 Å². The molecule has 0 fully saturated rings. The molecule has 3 rings (SSSR count). The van der Waals surface area contributed by atoms with E-state index in [1.54, 1.807) is 18.2 Å². The van der Waals surface area contributed by atoms with E-state index in [0.29, 0.717) is 22.5 Å². The van der Waals surface area contributed by atoms with Gasteiger partial charge in [0.1, 0.15) is 11.9 Å². The maximum absolute atomic E-state index is 13.2. The summed E-state index contributed by atoms with van der Waals surface area (Å²) in [4.78, 5) is 23.9. The van der Waals surface area contributed by atoms with Crippen molar-refractivity contribution in [1.82, 2.24) is 0 Å². The molecule has 4 nitrogen and oxygen atoms in total. The number of aryl methyl sites for hydroxylation is 1. The Hall–Kier alpha value is -2.69. The van der Waals surface area contributed by atoms with Crippen LogP contribution in [-0.4, -0.2) is 11.7 Å². The third-order valence-electron chi connectivity index (χ3n) is 3.70. The van der Waals surface area contributed by atoms with Crippen molar-refractivity contribution in [3.8, 4) is 0 Å². The van der Waals surface area contributed by atoms with Crippen molar-refractivity contribution < 1.29 is 14.0 Å². The van der Waals surface area contributed by atoms with Gasteiger partial charge in [-0.15, -0.1) is 0 Å². The van der Waals surface area contributed by atoms with Crippen molar-refractivity contribution in [2.75, 3.05) is 10.6 Å². The lowest BCUT2D eigenvalue weighted by molar-refractivity contribution is -0.116. The average molecular weight is 298 g/mol. The number of amides is 1. The topological polar surface area (TPSA) is 58.2 Å². The fraction of sp³-hybridized carbons (Fsp3) is 0.176. The molecule has 112 valence electrons. The average Bonchev–Trinajstić information content (AvgIpc) is 2.75. The van der Waals surface area contributed by atoms with Crippen LogP contribution in [0.2, 0.25) is 0 Å². The van der Waals surface area contributed by atoms with Gasteiger partial charge in [-0.1, -0.05) is 17.7 Å². The number of nitrogens with one attached hydrogen (secondary N) is 2. The number of anilines is 2. The summed E-state index contributed by atoms with van der Waals surface area (Å²) < 4.78 is 13.2. The summed E-state index contributed by atoms with van der Waals surface area (Å²) in [5.74, 6) is -0.751. The molecule has 1 aliphatic rings. The maximum Gasteiger partial charge on any atom is 0.251 e. The number of halogens is 1. The molecule has 2 aromatic rings. The van der Waals surface area contributed by atoms with Gasteiger partial charge < -0.3 is 10.6 Å². The van der Waals surface area contributed by atoms with E-state index in [9.17, 15) is 14.0 Å². The number of rotatable bonds is 3.